The summed E-state index contributed by atoms with van der Waals surface area (Å²) in [6.45, 7) is 5.21. The SMILES string of the molecule is C[C@H](Oc1cnc2c(Br)cnn2c1)C(C)(C)O. The van der Waals surface area contributed by atoms with E-state index in [0.717, 1.165) is 10.1 Å². The second kappa shape index (κ2) is 4.27. The summed E-state index contributed by atoms with van der Waals surface area (Å²) in [5, 5.41) is 13.9. The molecule has 5 nitrogen and oxygen atoms in total. The van der Waals surface area contributed by atoms with Crippen LogP contribution in [-0.2, 0) is 0 Å². The second-order valence-corrected chi connectivity index (χ2v) is 5.32. The Morgan fingerprint density at radius 2 is 2.18 bits per heavy atom. The van der Waals surface area contributed by atoms with E-state index < -0.39 is 5.60 Å². The summed E-state index contributed by atoms with van der Waals surface area (Å²) in [6, 6.07) is 0. The lowest BCUT2D eigenvalue weighted by atomic mass is 10.0. The highest BCUT2D eigenvalue weighted by Gasteiger charge is 2.24. The number of aromatic nitrogens is 3. The Morgan fingerprint density at radius 1 is 1.47 bits per heavy atom. The number of hydrogen-bond acceptors (Lipinski definition) is 4. The Bertz CT molecular complexity index is 533. The highest BCUT2D eigenvalue weighted by Crippen LogP contribution is 2.20. The topological polar surface area (TPSA) is 59.7 Å². The molecule has 2 aromatic rings. The van der Waals surface area contributed by atoms with Gasteiger partial charge in [-0.15, -0.1) is 0 Å². The molecule has 0 saturated carbocycles. The molecule has 0 bridgehead atoms. The molecule has 6 heteroatoms. The van der Waals surface area contributed by atoms with Crippen molar-refractivity contribution in [3.63, 3.8) is 0 Å². The summed E-state index contributed by atoms with van der Waals surface area (Å²) in [5.41, 5.74) is -0.173. The highest BCUT2D eigenvalue weighted by molar-refractivity contribution is 9.10. The van der Waals surface area contributed by atoms with Gasteiger partial charge in [-0.2, -0.15) is 5.10 Å². The monoisotopic (exact) mass is 299 g/mol. The van der Waals surface area contributed by atoms with Gasteiger partial charge in [0.05, 0.1) is 28.7 Å². The predicted octanol–water partition coefficient (Wildman–Crippen LogP) is 2.03. The standard InChI is InChI=1S/C11H14BrN3O2/c1-7(11(2,3)16)17-8-4-13-10-9(12)5-14-15(10)6-8/h4-7,16H,1-3H3/t7-/m0/s1. The van der Waals surface area contributed by atoms with Gasteiger partial charge in [-0.25, -0.2) is 9.50 Å². The minimum absolute atomic E-state index is 0.333. The van der Waals surface area contributed by atoms with Crippen LogP contribution in [0.4, 0.5) is 0 Å². The first-order valence-corrected chi connectivity index (χ1v) is 6.05. The third kappa shape index (κ3) is 2.58. The van der Waals surface area contributed by atoms with E-state index >= 15 is 0 Å². The van der Waals surface area contributed by atoms with Crippen molar-refractivity contribution < 1.29 is 9.84 Å². The van der Waals surface area contributed by atoms with Crippen LogP contribution in [0.2, 0.25) is 0 Å². The van der Waals surface area contributed by atoms with E-state index in [1.807, 2.05) is 6.92 Å². The number of hydrogen-bond donors (Lipinski definition) is 1. The van der Waals surface area contributed by atoms with Gasteiger partial charge >= 0.3 is 0 Å². The van der Waals surface area contributed by atoms with Crippen LogP contribution < -0.4 is 4.74 Å². The first-order valence-electron chi connectivity index (χ1n) is 5.26. The Balaban J connectivity index is 2.25. The lowest BCUT2D eigenvalue weighted by Crippen LogP contribution is -2.37. The zero-order valence-electron chi connectivity index (χ0n) is 9.88. The third-order valence-electron chi connectivity index (χ3n) is 2.60. The van der Waals surface area contributed by atoms with Crippen molar-refractivity contribution in [2.75, 3.05) is 0 Å². The molecule has 0 aliphatic heterocycles. The van der Waals surface area contributed by atoms with Gasteiger partial charge in [-0.3, -0.25) is 0 Å². The molecule has 0 aliphatic rings. The summed E-state index contributed by atoms with van der Waals surface area (Å²) in [4.78, 5) is 4.22. The predicted molar refractivity (Wildman–Crippen MR) is 67.1 cm³/mol. The molecule has 2 heterocycles. The quantitative estimate of drug-likeness (QED) is 0.942. The molecule has 0 amide bonds. The van der Waals surface area contributed by atoms with E-state index in [1.54, 1.807) is 37.0 Å². The smallest absolute Gasteiger partial charge is 0.169 e. The van der Waals surface area contributed by atoms with Gasteiger partial charge in [-0.1, -0.05) is 0 Å². The number of aliphatic hydroxyl groups is 1. The minimum Gasteiger partial charge on any atom is -0.484 e. The van der Waals surface area contributed by atoms with Crippen molar-refractivity contribution in [2.24, 2.45) is 0 Å². The molecule has 0 fully saturated rings. The van der Waals surface area contributed by atoms with Crippen LogP contribution in [0, 0.1) is 0 Å². The fourth-order valence-corrected chi connectivity index (χ4v) is 1.61. The molecule has 2 rings (SSSR count). The molecule has 0 aromatic carbocycles. The van der Waals surface area contributed by atoms with Crippen molar-refractivity contribution >= 4 is 21.6 Å². The van der Waals surface area contributed by atoms with E-state index in [2.05, 4.69) is 26.0 Å². The molecule has 17 heavy (non-hydrogen) atoms. The molecule has 2 aromatic heterocycles. The normalized spacial score (nSPS) is 13.9. The Labute approximate surface area is 108 Å². The zero-order chi connectivity index (χ0) is 12.6. The average molecular weight is 300 g/mol. The zero-order valence-corrected chi connectivity index (χ0v) is 11.5. The van der Waals surface area contributed by atoms with E-state index in [1.165, 1.54) is 0 Å². The Morgan fingerprint density at radius 3 is 2.82 bits per heavy atom. The number of ether oxygens (including phenoxy) is 1. The molecule has 0 spiro atoms. The van der Waals surface area contributed by atoms with Gasteiger partial charge in [0.15, 0.2) is 11.4 Å². The molecule has 0 unspecified atom stereocenters. The van der Waals surface area contributed by atoms with Gasteiger partial charge in [-0.05, 0) is 36.7 Å². The summed E-state index contributed by atoms with van der Waals surface area (Å²) in [5.74, 6) is 0.572. The molecule has 0 radical (unpaired) electrons. The van der Waals surface area contributed by atoms with Gasteiger partial charge in [0.1, 0.15) is 6.10 Å². The second-order valence-electron chi connectivity index (χ2n) is 4.46. The Kier molecular flexibility index (Phi) is 3.09. The summed E-state index contributed by atoms with van der Waals surface area (Å²) >= 11 is 3.35. The largest absolute Gasteiger partial charge is 0.484 e. The molecule has 1 atom stereocenters. The first-order chi connectivity index (χ1) is 7.88. The minimum atomic E-state index is -0.903. The summed E-state index contributed by atoms with van der Waals surface area (Å²) in [6.07, 6.45) is 4.69. The maximum absolute atomic E-state index is 9.79. The lowest BCUT2D eigenvalue weighted by Gasteiger charge is -2.26. The van der Waals surface area contributed by atoms with Crippen LogP contribution in [0.1, 0.15) is 20.8 Å². The van der Waals surface area contributed by atoms with Crippen LogP contribution in [0.25, 0.3) is 5.65 Å². The number of halogens is 1. The van der Waals surface area contributed by atoms with Crippen LogP contribution >= 0.6 is 15.9 Å². The fraction of sp³-hybridized carbons (Fsp3) is 0.455. The Hall–Kier alpha value is -1.14. The van der Waals surface area contributed by atoms with Crippen molar-refractivity contribution in [1.29, 1.82) is 0 Å². The van der Waals surface area contributed by atoms with E-state index in [0.29, 0.717) is 5.75 Å². The first kappa shape index (κ1) is 12.3. The number of fused-ring (bicyclic) bond motifs is 1. The lowest BCUT2D eigenvalue weighted by molar-refractivity contribution is -0.0244. The number of nitrogens with zero attached hydrogens (tertiary/aromatic N) is 3. The maximum Gasteiger partial charge on any atom is 0.169 e. The van der Waals surface area contributed by atoms with E-state index in [9.17, 15) is 5.11 Å². The van der Waals surface area contributed by atoms with Crippen LogP contribution in [0.15, 0.2) is 23.1 Å². The third-order valence-corrected chi connectivity index (χ3v) is 3.16. The van der Waals surface area contributed by atoms with Gasteiger partial charge in [0.2, 0.25) is 0 Å². The summed E-state index contributed by atoms with van der Waals surface area (Å²) in [7, 11) is 0. The van der Waals surface area contributed by atoms with Crippen molar-refractivity contribution in [1.82, 2.24) is 14.6 Å². The van der Waals surface area contributed by atoms with Gasteiger partial charge in [0.25, 0.3) is 0 Å². The molecular formula is C11H14BrN3O2. The molecule has 1 N–H and O–H groups in total. The molecule has 0 aliphatic carbocycles. The molecule has 0 saturated heterocycles. The van der Waals surface area contributed by atoms with Crippen LogP contribution in [-0.4, -0.2) is 31.4 Å². The maximum atomic E-state index is 9.79. The fourth-order valence-electron chi connectivity index (χ4n) is 1.24. The number of rotatable bonds is 3. The van der Waals surface area contributed by atoms with Gasteiger partial charge < -0.3 is 9.84 Å². The van der Waals surface area contributed by atoms with Crippen molar-refractivity contribution in [2.45, 2.75) is 32.5 Å². The van der Waals surface area contributed by atoms with Gasteiger partial charge in [0, 0.05) is 0 Å². The van der Waals surface area contributed by atoms with E-state index in [4.69, 9.17) is 4.74 Å². The summed E-state index contributed by atoms with van der Waals surface area (Å²) < 4.78 is 8.06. The average Bonchev–Trinajstić information content (AvgIpc) is 2.59. The van der Waals surface area contributed by atoms with Crippen molar-refractivity contribution in [3.05, 3.63) is 23.1 Å². The van der Waals surface area contributed by atoms with Crippen molar-refractivity contribution in [3.8, 4) is 5.75 Å². The van der Waals surface area contributed by atoms with E-state index in [-0.39, 0.29) is 6.10 Å². The van der Waals surface area contributed by atoms with Crippen LogP contribution in [0.5, 0.6) is 5.75 Å². The molecule has 92 valence electrons. The highest BCUT2D eigenvalue weighted by atomic mass is 79.9. The van der Waals surface area contributed by atoms with Crippen LogP contribution in [0.3, 0.4) is 0 Å². The molecular weight excluding hydrogens is 286 g/mol.